The molecule has 0 aliphatic rings. The summed E-state index contributed by atoms with van der Waals surface area (Å²) in [5.74, 6) is 0. The smallest absolute Gasteiger partial charge is 0.312 e. The van der Waals surface area contributed by atoms with Gasteiger partial charge < -0.3 is 5.32 Å². The zero-order valence-corrected chi connectivity index (χ0v) is 12.9. The number of rotatable bonds is 4. The largest absolute Gasteiger partial charge is 0.416 e. The van der Waals surface area contributed by atoms with E-state index in [0.717, 1.165) is 18.2 Å². The molecule has 0 aromatic heterocycles. The molecule has 1 aromatic rings. The molecule has 0 amide bonds. The molecule has 114 valence electrons. The summed E-state index contributed by atoms with van der Waals surface area (Å²) >= 11 is 0. The Morgan fingerprint density at radius 2 is 1.60 bits per heavy atom. The zero-order chi connectivity index (χ0) is 15.6. The van der Waals surface area contributed by atoms with Crippen LogP contribution in [0.25, 0.3) is 0 Å². The maximum atomic E-state index is 12.7. The molecule has 0 fully saturated rings. The first-order valence-electron chi connectivity index (χ1n) is 6.80. The van der Waals surface area contributed by atoms with Crippen molar-refractivity contribution in [2.24, 2.45) is 5.41 Å². The third-order valence-electron chi connectivity index (χ3n) is 3.03. The van der Waals surface area contributed by atoms with Gasteiger partial charge in [0, 0.05) is 12.1 Å². The summed E-state index contributed by atoms with van der Waals surface area (Å²) in [5.41, 5.74) is 0.0536. The van der Waals surface area contributed by atoms with Gasteiger partial charge in [0.2, 0.25) is 0 Å². The molecular weight excluding hydrogens is 263 g/mol. The normalized spacial score (nSPS) is 13.6. The lowest BCUT2D eigenvalue weighted by Gasteiger charge is -2.30. The van der Waals surface area contributed by atoms with Crippen LogP contribution in [0, 0.1) is 5.41 Å². The van der Waals surface area contributed by atoms with Gasteiger partial charge in [0.25, 0.3) is 0 Å². The summed E-state index contributed by atoms with van der Waals surface area (Å²) in [7, 11) is 0. The summed E-state index contributed by atoms with van der Waals surface area (Å²) in [5, 5.41) is 3.41. The van der Waals surface area contributed by atoms with Crippen molar-refractivity contribution in [2.45, 2.75) is 52.8 Å². The van der Waals surface area contributed by atoms with Gasteiger partial charge in [0.05, 0.1) is 5.56 Å². The standard InChI is InChI=1S/C16H24F3N/c1-14(2,3)20-11-15(4,5)10-12-7-6-8-13(9-12)16(17,18)19/h6-9,20H,10-11H2,1-5H3. The van der Waals surface area contributed by atoms with Crippen molar-refractivity contribution in [2.75, 3.05) is 6.54 Å². The molecule has 0 saturated carbocycles. The molecule has 0 atom stereocenters. The first-order valence-corrected chi connectivity index (χ1v) is 6.80. The Morgan fingerprint density at radius 1 is 1.00 bits per heavy atom. The fourth-order valence-electron chi connectivity index (χ4n) is 1.98. The Balaban J connectivity index is 2.77. The van der Waals surface area contributed by atoms with Crippen LogP contribution >= 0.6 is 0 Å². The van der Waals surface area contributed by atoms with Crippen molar-refractivity contribution in [1.29, 1.82) is 0 Å². The van der Waals surface area contributed by atoms with Crippen LogP contribution in [0.5, 0.6) is 0 Å². The maximum Gasteiger partial charge on any atom is 0.416 e. The van der Waals surface area contributed by atoms with Gasteiger partial charge in [0.1, 0.15) is 0 Å². The summed E-state index contributed by atoms with van der Waals surface area (Å²) < 4.78 is 38.1. The van der Waals surface area contributed by atoms with E-state index in [1.807, 2.05) is 0 Å². The molecule has 20 heavy (non-hydrogen) atoms. The minimum atomic E-state index is -4.27. The number of hydrogen-bond donors (Lipinski definition) is 1. The quantitative estimate of drug-likeness (QED) is 0.849. The van der Waals surface area contributed by atoms with Crippen LogP contribution in [0.3, 0.4) is 0 Å². The van der Waals surface area contributed by atoms with Gasteiger partial charge in [-0.2, -0.15) is 13.2 Å². The molecule has 1 rings (SSSR count). The van der Waals surface area contributed by atoms with Crippen molar-refractivity contribution < 1.29 is 13.2 Å². The lowest BCUT2D eigenvalue weighted by atomic mass is 9.84. The molecule has 0 spiro atoms. The minimum Gasteiger partial charge on any atom is -0.312 e. The average molecular weight is 287 g/mol. The first-order chi connectivity index (χ1) is 8.89. The Hall–Kier alpha value is -1.03. The van der Waals surface area contributed by atoms with Crippen LogP contribution in [0.4, 0.5) is 13.2 Å². The second-order valence-corrected chi connectivity index (χ2v) is 7.14. The van der Waals surface area contributed by atoms with Crippen LogP contribution in [-0.4, -0.2) is 12.1 Å². The summed E-state index contributed by atoms with van der Waals surface area (Å²) in [6.45, 7) is 11.1. The van der Waals surface area contributed by atoms with E-state index in [1.165, 1.54) is 12.1 Å². The Kier molecular flexibility index (Phi) is 4.90. The predicted molar refractivity (Wildman–Crippen MR) is 76.7 cm³/mol. The van der Waals surface area contributed by atoms with Gasteiger partial charge in [-0.05, 0) is 44.2 Å². The van der Waals surface area contributed by atoms with E-state index in [-0.39, 0.29) is 11.0 Å². The fourth-order valence-corrected chi connectivity index (χ4v) is 1.98. The maximum absolute atomic E-state index is 12.7. The first kappa shape index (κ1) is 17.0. The third-order valence-corrected chi connectivity index (χ3v) is 3.03. The highest BCUT2D eigenvalue weighted by Crippen LogP contribution is 2.31. The lowest BCUT2D eigenvalue weighted by molar-refractivity contribution is -0.137. The van der Waals surface area contributed by atoms with Crippen molar-refractivity contribution in [3.63, 3.8) is 0 Å². The van der Waals surface area contributed by atoms with Gasteiger partial charge in [-0.1, -0.05) is 32.0 Å². The zero-order valence-electron chi connectivity index (χ0n) is 12.9. The van der Waals surface area contributed by atoms with Crippen LogP contribution in [0.15, 0.2) is 24.3 Å². The Bertz CT molecular complexity index is 442. The van der Waals surface area contributed by atoms with E-state index in [1.54, 1.807) is 6.07 Å². The molecule has 1 nitrogen and oxygen atoms in total. The lowest BCUT2D eigenvalue weighted by Crippen LogP contribution is -2.42. The van der Waals surface area contributed by atoms with Crippen molar-refractivity contribution in [1.82, 2.24) is 5.32 Å². The van der Waals surface area contributed by atoms with Gasteiger partial charge in [-0.25, -0.2) is 0 Å². The SMILES string of the molecule is CC(C)(CNC(C)(C)C)Cc1cccc(C(F)(F)F)c1. The number of nitrogens with one attached hydrogen (secondary N) is 1. The number of benzene rings is 1. The molecule has 4 heteroatoms. The molecule has 0 saturated heterocycles. The molecule has 0 heterocycles. The van der Waals surface area contributed by atoms with Gasteiger partial charge in [0.15, 0.2) is 0 Å². The third kappa shape index (κ3) is 5.95. The summed E-state index contributed by atoms with van der Waals surface area (Å²) in [4.78, 5) is 0. The van der Waals surface area contributed by atoms with E-state index in [9.17, 15) is 13.2 Å². The molecule has 0 unspecified atom stereocenters. The second-order valence-electron chi connectivity index (χ2n) is 7.14. The second kappa shape index (κ2) is 5.76. The van der Waals surface area contributed by atoms with E-state index in [2.05, 4.69) is 39.9 Å². The van der Waals surface area contributed by atoms with Crippen LogP contribution < -0.4 is 5.32 Å². The highest BCUT2D eigenvalue weighted by atomic mass is 19.4. The summed E-state index contributed by atoms with van der Waals surface area (Å²) in [6, 6.07) is 5.60. The van der Waals surface area contributed by atoms with Crippen LogP contribution in [-0.2, 0) is 12.6 Å². The monoisotopic (exact) mass is 287 g/mol. The van der Waals surface area contributed by atoms with E-state index in [0.29, 0.717) is 6.42 Å². The molecule has 1 N–H and O–H groups in total. The fraction of sp³-hybridized carbons (Fsp3) is 0.625. The highest BCUT2D eigenvalue weighted by molar-refractivity contribution is 5.26. The van der Waals surface area contributed by atoms with Crippen LogP contribution in [0.1, 0.15) is 45.7 Å². The minimum absolute atomic E-state index is 0.00505. The highest BCUT2D eigenvalue weighted by Gasteiger charge is 2.31. The van der Waals surface area contributed by atoms with Crippen molar-refractivity contribution in [3.8, 4) is 0 Å². The van der Waals surface area contributed by atoms with E-state index in [4.69, 9.17) is 0 Å². The van der Waals surface area contributed by atoms with Gasteiger partial charge in [-0.3, -0.25) is 0 Å². The van der Waals surface area contributed by atoms with Crippen molar-refractivity contribution in [3.05, 3.63) is 35.4 Å². The predicted octanol–water partition coefficient (Wildman–Crippen LogP) is 4.66. The Morgan fingerprint density at radius 3 is 2.10 bits per heavy atom. The summed E-state index contributed by atoms with van der Waals surface area (Å²) in [6.07, 6.45) is -3.66. The molecular formula is C16H24F3N. The topological polar surface area (TPSA) is 12.0 Å². The average Bonchev–Trinajstić information content (AvgIpc) is 2.24. The number of hydrogen-bond acceptors (Lipinski definition) is 1. The van der Waals surface area contributed by atoms with E-state index >= 15 is 0 Å². The number of halogens is 3. The number of alkyl halides is 3. The molecule has 0 bridgehead atoms. The molecule has 0 radical (unpaired) electrons. The molecule has 0 aliphatic heterocycles. The van der Waals surface area contributed by atoms with E-state index < -0.39 is 11.7 Å². The molecule has 0 aliphatic carbocycles. The van der Waals surface area contributed by atoms with Crippen molar-refractivity contribution >= 4 is 0 Å². The van der Waals surface area contributed by atoms with Gasteiger partial charge in [-0.15, -0.1) is 0 Å². The Labute approximate surface area is 119 Å². The van der Waals surface area contributed by atoms with Crippen LogP contribution in [0.2, 0.25) is 0 Å². The molecule has 1 aromatic carbocycles. The van der Waals surface area contributed by atoms with Gasteiger partial charge >= 0.3 is 6.18 Å².